The molecule has 1 aliphatic rings. The van der Waals surface area contributed by atoms with Gasteiger partial charge in [-0.1, -0.05) is 12.1 Å². The van der Waals surface area contributed by atoms with Crippen LogP contribution in [-0.4, -0.2) is 40.3 Å². The van der Waals surface area contributed by atoms with Gasteiger partial charge in [0.15, 0.2) is 0 Å². The standard InChI is InChI=1S/C15H16N4O3/c1-22-15(21)12-6-14(20)19(8-12)13-4-2-11(3-5-13)7-18-10-16-9-17-18/h2-5,9-10,12H,6-8H2,1H3. The Morgan fingerprint density at radius 2 is 2.14 bits per heavy atom. The lowest BCUT2D eigenvalue weighted by Gasteiger charge is -2.16. The molecule has 7 heteroatoms. The molecule has 22 heavy (non-hydrogen) atoms. The Morgan fingerprint density at radius 1 is 1.36 bits per heavy atom. The number of ether oxygens (including phenoxy) is 1. The fourth-order valence-corrected chi connectivity index (χ4v) is 2.56. The first-order valence-electron chi connectivity index (χ1n) is 6.97. The third-order valence-corrected chi connectivity index (χ3v) is 3.72. The number of anilines is 1. The van der Waals surface area contributed by atoms with Gasteiger partial charge in [-0.25, -0.2) is 9.67 Å². The van der Waals surface area contributed by atoms with Gasteiger partial charge in [-0.3, -0.25) is 9.59 Å². The second kappa shape index (κ2) is 5.97. The van der Waals surface area contributed by atoms with Crippen molar-refractivity contribution in [2.75, 3.05) is 18.6 Å². The molecule has 2 aromatic rings. The van der Waals surface area contributed by atoms with E-state index in [1.165, 1.54) is 13.4 Å². The molecule has 0 aliphatic carbocycles. The predicted molar refractivity (Wildman–Crippen MR) is 78.0 cm³/mol. The molecule has 0 N–H and O–H groups in total. The smallest absolute Gasteiger partial charge is 0.311 e. The van der Waals surface area contributed by atoms with Crippen LogP contribution in [0.5, 0.6) is 0 Å². The van der Waals surface area contributed by atoms with Crippen LogP contribution in [0.15, 0.2) is 36.9 Å². The quantitative estimate of drug-likeness (QED) is 0.782. The highest BCUT2D eigenvalue weighted by Gasteiger charge is 2.35. The third kappa shape index (κ3) is 2.83. The van der Waals surface area contributed by atoms with E-state index < -0.39 is 0 Å². The van der Waals surface area contributed by atoms with Gasteiger partial charge in [0, 0.05) is 18.7 Å². The molecule has 3 rings (SSSR count). The van der Waals surface area contributed by atoms with Gasteiger partial charge in [0.05, 0.1) is 19.6 Å². The van der Waals surface area contributed by atoms with Crippen molar-refractivity contribution in [1.29, 1.82) is 0 Å². The lowest BCUT2D eigenvalue weighted by Crippen LogP contribution is -2.26. The Labute approximate surface area is 127 Å². The maximum absolute atomic E-state index is 12.0. The van der Waals surface area contributed by atoms with Crippen molar-refractivity contribution in [3.63, 3.8) is 0 Å². The van der Waals surface area contributed by atoms with Gasteiger partial charge in [-0.05, 0) is 17.7 Å². The van der Waals surface area contributed by atoms with E-state index in [9.17, 15) is 9.59 Å². The maximum Gasteiger partial charge on any atom is 0.311 e. The van der Waals surface area contributed by atoms with Crippen molar-refractivity contribution >= 4 is 17.6 Å². The van der Waals surface area contributed by atoms with Crippen LogP contribution in [0.4, 0.5) is 5.69 Å². The lowest BCUT2D eigenvalue weighted by molar-refractivity contribution is -0.145. The zero-order valence-electron chi connectivity index (χ0n) is 12.2. The number of aromatic nitrogens is 3. The number of esters is 1. The van der Waals surface area contributed by atoms with Crippen LogP contribution in [0.2, 0.25) is 0 Å². The lowest BCUT2D eigenvalue weighted by atomic mass is 10.1. The molecule has 2 heterocycles. The number of methoxy groups -OCH3 is 1. The number of amides is 1. The van der Waals surface area contributed by atoms with E-state index in [1.807, 2.05) is 24.3 Å². The number of hydrogen-bond donors (Lipinski definition) is 0. The van der Waals surface area contributed by atoms with E-state index in [2.05, 4.69) is 10.1 Å². The maximum atomic E-state index is 12.0. The Morgan fingerprint density at radius 3 is 2.77 bits per heavy atom. The van der Waals surface area contributed by atoms with Gasteiger partial charge in [0.25, 0.3) is 0 Å². The van der Waals surface area contributed by atoms with Gasteiger partial charge in [0.2, 0.25) is 5.91 Å². The second-order valence-electron chi connectivity index (χ2n) is 5.19. The predicted octanol–water partition coefficient (Wildman–Crippen LogP) is 0.852. The summed E-state index contributed by atoms with van der Waals surface area (Å²) in [4.78, 5) is 29.1. The average molecular weight is 300 g/mol. The SMILES string of the molecule is COC(=O)C1CC(=O)N(c2ccc(Cn3cncn3)cc2)C1. The van der Waals surface area contributed by atoms with E-state index in [-0.39, 0.29) is 24.2 Å². The Hall–Kier alpha value is -2.70. The molecule has 1 aromatic heterocycles. The topological polar surface area (TPSA) is 77.3 Å². The molecule has 1 unspecified atom stereocenters. The van der Waals surface area contributed by atoms with Crippen LogP contribution in [0.3, 0.4) is 0 Å². The van der Waals surface area contributed by atoms with Gasteiger partial charge >= 0.3 is 5.97 Å². The van der Waals surface area contributed by atoms with E-state index in [4.69, 9.17) is 4.74 Å². The van der Waals surface area contributed by atoms with Crippen molar-refractivity contribution in [2.24, 2.45) is 5.92 Å². The van der Waals surface area contributed by atoms with Crippen molar-refractivity contribution in [3.8, 4) is 0 Å². The van der Waals surface area contributed by atoms with Crippen molar-refractivity contribution in [2.45, 2.75) is 13.0 Å². The number of carbonyl (C=O) groups excluding carboxylic acids is 2. The highest BCUT2D eigenvalue weighted by Crippen LogP contribution is 2.26. The minimum absolute atomic E-state index is 0.0561. The van der Waals surface area contributed by atoms with Gasteiger partial charge in [0.1, 0.15) is 12.7 Å². The van der Waals surface area contributed by atoms with E-state index in [0.29, 0.717) is 13.1 Å². The highest BCUT2D eigenvalue weighted by molar-refractivity contribution is 5.99. The summed E-state index contributed by atoms with van der Waals surface area (Å²) in [6.07, 6.45) is 3.34. The molecule has 1 amide bonds. The summed E-state index contributed by atoms with van der Waals surface area (Å²) >= 11 is 0. The first-order valence-corrected chi connectivity index (χ1v) is 6.97. The first kappa shape index (κ1) is 14.2. The molecule has 1 saturated heterocycles. The van der Waals surface area contributed by atoms with Crippen molar-refractivity contribution in [1.82, 2.24) is 14.8 Å². The van der Waals surface area contributed by atoms with Crippen LogP contribution in [0.1, 0.15) is 12.0 Å². The first-order chi connectivity index (χ1) is 10.7. The largest absolute Gasteiger partial charge is 0.469 e. The summed E-state index contributed by atoms with van der Waals surface area (Å²) in [7, 11) is 1.34. The monoisotopic (exact) mass is 300 g/mol. The summed E-state index contributed by atoms with van der Waals surface area (Å²) in [6, 6.07) is 7.64. The van der Waals surface area contributed by atoms with Crippen LogP contribution in [0, 0.1) is 5.92 Å². The number of nitrogens with zero attached hydrogens (tertiary/aromatic N) is 4. The molecule has 1 atom stereocenters. The molecule has 1 fully saturated rings. The zero-order chi connectivity index (χ0) is 15.5. The molecular formula is C15H16N4O3. The number of hydrogen-bond acceptors (Lipinski definition) is 5. The number of benzene rings is 1. The van der Waals surface area contributed by atoms with Crippen LogP contribution >= 0.6 is 0 Å². The minimum Gasteiger partial charge on any atom is -0.469 e. The Balaban J connectivity index is 1.70. The minimum atomic E-state index is -0.382. The van der Waals surface area contributed by atoms with Crippen molar-refractivity contribution in [3.05, 3.63) is 42.5 Å². The van der Waals surface area contributed by atoms with Crippen molar-refractivity contribution < 1.29 is 14.3 Å². The molecule has 1 aliphatic heterocycles. The van der Waals surface area contributed by atoms with Gasteiger partial charge in [-0.2, -0.15) is 5.10 Å². The highest BCUT2D eigenvalue weighted by atomic mass is 16.5. The van der Waals surface area contributed by atoms with E-state index in [1.54, 1.807) is 15.9 Å². The van der Waals surface area contributed by atoms with Crippen LogP contribution < -0.4 is 4.90 Å². The zero-order valence-corrected chi connectivity index (χ0v) is 12.2. The summed E-state index contributed by atoms with van der Waals surface area (Å²) in [6.45, 7) is 0.993. The molecule has 7 nitrogen and oxygen atoms in total. The summed E-state index contributed by atoms with van der Waals surface area (Å²) in [5.74, 6) is -0.773. The third-order valence-electron chi connectivity index (χ3n) is 3.72. The molecule has 0 bridgehead atoms. The molecule has 0 saturated carbocycles. The summed E-state index contributed by atoms with van der Waals surface area (Å²) < 4.78 is 6.44. The number of rotatable bonds is 4. The molecule has 1 aromatic carbocycles. The van der Waals surface area contributed by atoms with E-state index in [0.717, 1.165) is 11.3 Å². The second-order valence-corrected chi connectivity index (χ2v) is 5.19. The molecular weight excluding hydrogens is 284 g/mol. The number of carbonyl (C=O) groups is 2. The average Bonchev–Trinajstić information content (AvgIpc) is 3.17. The van der Waals surface area contributed by atoms with Gasteiger partial charge < -0.3 is 9.64 Å². The molecule has 114 valence electrons. The van der Waals surface area contributed by atoms with E-state index >= 15 is 0 Å². The normalized spacial score (nSPS) is 17.8. The van der Waals surface area contributed by atoms with Crippen LogP contribution in [-0.2, 0) is 20.9 Å². The molecule has 0 radical (unpaired) electrons. The summed E-state index contributed by atoms with van der Waals surface area (Å²) in [5, 5.41) is 4.05. The molecule has 0 spiro atoms. The Bertz CT molecular complexity index is 667. The fourth-order valence-electron chi connectivity index (χ4n) is 2.56. The Kier molecular flexibility index (Phi) is 3.86. The van der Waals surface area contributed by atoms with Crippen LogP contribution in [0.25, 0.3) is 0 Å². The van der Waals surface area contributed by atoms with Gasteiger partial charge in [-0.15, -0.1) is 0 Å². The summed E-state index contributed by atoms with van der Waals surface area (Å²) in [5.41, 5.74) is 1.85. The fraction of sp³-hybridized carbons (Fsp3) is 0.333.